The number of fused-ring (bicyclic) bond motifs is 1. The number of hydrogen-bond acceptors (Lipinski definition) is 4. The van der Waals surface area contributed by atoms with E-state index in [1.165, 1.54) is 0 Å². The van der Waals surface area contributed by atoms with E-state index in [-0.39, 0.29) is 5.78 Å². The molecule has 0 saturated carbocycles. The van der Waals surface area contributed by atoms with E-state index < -0.39 is 0 Å². The normalized spacial score (nSPS) is 18.6. The number of methoxy groups -OCH3 is 1. The Morgan fingerprint density at radius 2 is 2.22 bits per heavy atom. The maximum atomic E-state index is 11.8. The van der Waals surface area contributed by atoms with Crippen LogP contribution in [0.25, 0.3) is 0 Å². The molecule has 0 N–H and O–H groups in total. The van der Waals surface area contributed by atoms with E-state index in [0.717, 1.165) is 22.6 Å². The van der Waals surface area contributed by atoms with Crippen LogP contribution < -0.4 is 4.74 Å². The Kier molecular flexibility index (Phi) is 4.66. The van der Waals surface area contributed by atoms with Crippen LogP contribution >= 0.6 is 11.8 Å². The number of ketones is 1. The molecule has 0 aliphatic carbocycles. The second kappa shape index (κ2) is 6.25. The Balaban J connectivity index is 2.02. The fraction of sp³-hybridized carbons (Fsp3) is 0.500. The van der Waals surface area contributed by atoms with Gasteiger partial charge in [0.2, 0.25) is 0 Å². The number of rotatable bonds is 5. The lowest BCUT2D eigenvalue weighted by Crippen LogP contribution is -2.14. The summed E-state index contributed by atoms with van der Waals surface area (Å²) in [6, 6.07) is 5.72. The molecule has 1 heterocycles. The summed E-state index contributed by atoms with van der Waals surface area (Å²) in [7, 11) is 1.68. The molecule has 0 spiro atoms. The van der Waals surface area contributed by atoms with Crippen LogP contribution in [0, 0.1) is 0 Å². The Labute approximate surface area is 112 Å². The lowest BCUT2D eigenvalue weighted by Gasteiger charge is -2.20. The van der Waals surface area contributed by atoms with Crippen molar-refractivity contribution in [2.45, 2.75) is 29.9 Å². The fourth-order valence-electron chi connectivity index (χ4n) is 1.94. The molecule has 0 aromatic heterocycles. The molecule has 2 rings (SSSR count). The zero-order chi connectivity index (χ0) is 13.0. The number of benzene rings is 1. The van der Waals surface area contributed by atoms with Crippen molar-refractivity contribution in [3.05, 3.63) is 23.8 Å². The third-order valence-corrected chi connectivity index (χ3v) is 3.98. The van der Waals surface area contributed by atoms with Crippen molar-refractivity contribution < 1.29 is 14.3 Å². The monoisotopic (exact) mass is 266 g/mol. The molecule has 1 atom stereocenters. The quantitative estimate of drug-likeness (QED) is 0.767. The van der Waals surface area contributed by atoms with Crippen molar-refractivity contribution in [2.75, 3.05) is 20.3 Å². The smallest absolute Gasteiger partial charge is 0.165 e. The van der Waals surface area contributed by atoms with Gasteiger partial charge in [0.25, 0.3) is 0 Å². The first kappa shape index (κ1) is 13.4. The summed E-state index contributed by atoms with van der Waals surface area (Å²) in [5, 5.41) is 0.355. The molecule has 18 heavy (non-hydrogen) atoms. The first-order valence-corrected chi connectivity index (χ1v) is 7.04. The van der Waals surface area contributed by atoms with Gasteiger partial charge in [0.05, 0.1) is 6.61 Å². The summed E-state index contributed by atoms with van der Waals surface area (Å²) in [4.78, 5) is 12.9. The lowest BCUT2D eigenvalue weighted by atomic mass is 10.1. The Morgan fingerprint density at radius 1 is 1.39 bits per heavy atom. The van der Waals surface area contributed by atoms with E-state index in [0.29, 0.717) is 24.9 Å². The van der Waals surface area contributed by atoms with Gasteiger partial charge in [0, 0.05) is 42.3 Å². The topological polar surface area (TPSA) is 35.5 Å². The van der Waals surface area contributed by atoms with Crippen LogP contribution in [0.4, 0.5) is 0 Å². The van der Waals surface area contributed by atoms with Crippen LogP contribution in [-0.4, -0.2) is 31.4 Å². The minimum absolute atomic E-state index is 0.238. The van der Waals surface area contributed by atoms with Gasteiger partial charge in [-0.2, -0.15) is 0 Å². The number of ether oxygens (including phenoxy) is 2. The van der Waals surface area contributed by atoms with Gasteiger partial charge in [-0.05, 0) is 18.2 Å². The maximum Gasteiger partial charge on any atom is 0.165 e. The minimum atomic E-state index is 0.238. The summed E-state index contributed by atoms with van der Waals surface area (Å²) < 4.78 is 10.6. The van der Waals surface area contributed by atoms with Crippen LogP contribution in [0.3, 0.4) is 0 Å². The number of carbonyl (C=O) groups is 1. The average Bonchev–Trinajstić information content (AvgIpc) is 2.34. The highest BCUT2D eigenvalue weighted by Crippen LogP contribution is 2.37. The molecule has 1 aromatic carbocycles. The van der Waals surface area contributed by atoms with Crippen molar-refractivity contribution in [3.63, 3.8) is 0 Å². The predicted octanol–water partition coefficient (Wildman–Crippen LogP) is 3.17. The van der Waals surface area contributed by atoms with E-state index >= 15 is 0 Å². The molecule has 98 valence electrons. The Hall–Kier alpha value is -1.00. The van der Waals surface area contributed by atoms with Crippen molar-refractivity contribution >= 4 is 17.5 Å². The van der Waals surface area contributed by atoms with Gasteiger partial charge in [-0.25, -0.2) is 0 Å². The SMILES string of the molecule is COCCCOc1ccc2c(c1)SC(C)CC2=O. The molecule has 4 heteroatoms. The predicted molar refractivity (Wildman–Crippen MR) is 72.7 cm³/mol. The highest BCUT2D eigenvalue weighted by atomic mass is 32.2. The second-order valence-electron chi connectivity index (χ2n) is 4.41. The van der Waals surface area contributed by atoms with Gasteiger partial charge in [-0.15, -0.1) is 11.8 Å². The molecular weight excluding hydrogens is 248 g/mol. The van der Waals surface area contributed by atoms with Gasteiger partial charge < -0.3 is 9.47 Å². The molecule has 1 aliphatic heterocycles. The summed E-state index contributed by atoms with van der Waals surface area (Å²) in [6.07, 6.45) is 1.50. The van der Waals surface area contributed by atoms with Crippen LogP contribution in [0.15, 0.2) is 23.1 Å². The molecule has 1 aromatic rings. The fourth-order valence-corrected chi connectivity index (χ4v) is 3.10. The molecule has 0 radical (unpaired) electrons. The first-order valence-electron chi connectivity index (χ1n) is 6.16. The Morgan fingerprint density at radius 3 is 3.00 bits per heavy atom. The van der Waals surface area contributed by atoms with Crippen molar-refractivity contribution in [1.29, 1.82) is 0 Å². The number of Topliss-reactive ketones (excluding diaryl/α,β-unsaturated/α-hetero) is 1. The van der Waals surface area contributed by atoms with Gasteiger partial charge >= 0.3 is 0 Å². The second-order valence-corrected chi connectivity index (χ2v) is 5.89. The van der Waals surface area contributed by atoms with Crippen LogP contribution in [0.2, 0.25) is 0 Å². The van der Waals surface area contributed by atoms with Gasteiger partial charge in [0.15, 0.2) is 5.78 Å². The van der Waals surface area contributed by atoms with E-state index in [1.54, 1.807) is 18.9 Å². The largest absolute Gasteiger partial charge is 0.493 e. The zero-order valence-electron chi connectivity index (χ0n) is 10.8. The van der Waals surface area contributed by atoms with E-state index in [9.17, 15) is 4.79 Å². The van der Waals surface area contributed by atoms with Crippen LogP contribution in [-0.2, 0) is 4.74 Å². The highest BCUT2D eigenvalue weighted by molar-refractivity contribution is 8.00. The van der Waals surface area contributed by atoms with E-state index in [1.807, 2.05) is 18.2 Å². The molecule has 0 fully saturated rings. The van der Waals surface area contributed by atoms with Crippen LogP contribution in [0.1, 0.15) is 30.1 Å². The molecule has 1 unspecified atom stereocenters. The summed E-state index contributed by atoms with van der Waals surface area (Å²) in [5.74, 6) is 1.07. The van der Waals surface area contributed by atoms with E-state index in [4.69, 9.17) is 9.47 Å². The third-order valence-electron chi connectivity index (χ3n) is 2.82. The maximum absolute atomic E-state index is 11.8. The van der Waals surface area contributed by atoms with Crippen LogP contribution in [0.5, 0.6) is 5.75 Å². The van der Waals surface area contributed by atoms with Crippen molar-refractivity contribution in [3.8, 4) is 5.75 Å². The molecule has 0 bridgehead atoms. The van der Waals surface area contributed by atoms with Gasteiger partial charge in [-0.3, -0.25) is 4.79 Å². The third kappa shape index (κ3) is 3.27. The first-order chi connectivity index (χ1) is 8.70. The zero-order valence-corrected chi connectivity index (χ0v) is 11.6. The summed E-state index contributed by atoms with van der Waals surface area (Å²) in [6.45, 7) is 3.42. The average molecular weight is 266 g/mol. The molecule has 3 nitrogen and oxygen atoms in total. The molecule has 1 aliphatic rings. The lowest BCUT2D eigenvalue weighted by molar-refractivity contribution is 0.0978. The number of thioether (sulfide) groups is 1. The van der Waals surface area contributed by atoms with Crippen molar-refractivity contribution in [2.24, 2.45) is 0 Å². The number of carbonyl (C=O) groups excluding carboxylic acids is 1. The number of hydrogen-bond donors (Lipinski definition) is 0. The summed E-state index contributed by atoms with van der Waals surface area (Å²) in [5.41, 5.74) is 0.836. The summed E-state index contributed by atoms with van der Waals surface area (Å²) >= 11 is 1.75. The molecular formula is C14H18O3S. The standard InChI is InChI=1S/C14H18O3S/c1-10-8-13(15)12-5-4-11(9-14(12)18-10)17-7-3-6-16-2/h4-5,9-10H,3,6-8H2,1-2H3. The molecule has 0 amide bonds. The van der Waals surface area contributed by atoms with E-state index in [2.05, 4.69) is 6.92 Å². The van der Waals surface area contributed by atoms with Gasteiger partial charge in [-0.1, -0.05) is 6.92 Å². The highest BCUT2D eigenvalue weighted by Gasteiger charge is 2.23. The molecule has 0 saturated heterocycles. The minimum Gasteiger partial charge on any atom is -0.493 e. The van der Waals surface area contributed by atoms with Gasteiger partial charge in [0.1, 0.15) is 5.75 Å². The Bertz CT molecular complexity index is 431. The van der Waals surface area contributed by atoms with Crippen molar-refractivity contribution in [1.82, 2.24) is 0 Å².